The van der Waals surface area contributed by atoms with Crippen LogP contribution < -0.4 is 5.32 Å². The van der Waals surface area contributed by atoms with Gasteiger partial charge in [0.1, 0.15) is 0 Å². The number of piperazine rings is 1. The van der Waals surface area contributed by atoms with Gasteiger partial charge < -0.3 is 20.0 Å². The van der Waals surface area contributed by atoms with Crippen LogP contribution in [0.4, 0.5) is 4.79 Å². The number of amides is 2. The molecule has 0 aromatic heterocycles. The molecule has 1 aliphatic rings. The number of hydrogen-bond donors (Lipinski definition) is 1. The Morgan fingerprint density at radius 3 is 2.21 bits per heavy atom. The molecule has 1 N–H and O–H groups in total. The lowest BCUT2D eigenvalue weighted by atomic mass is 10.3. The van der Waals surface area contributed by atoms with Crippen molar-refractivity contribution >= 4 is 6.03 Å². The second kappa shape index (κ2) is 9.15. The molecule has 19 heavy (non-hydrogen) atoms. The van der Waals surface area contributed by atoms with Gasteiger partial charge in [-0.25, -0.2) is 4.79 Å². The molecule has 0 radical (unpaired) electrons. The Labute approximate surface area is 117 Å². The summed E-state index contributed by atoms with van der Waals surface area (Å²) in [7, 11) is 0. The van der Waals surface area contributed by atoms with Crippen molar-refractivity contribution in [1.29, 1.82) is 0 Å². The molecule has 1 saturated heterocycles. The molecular weight excluding hydrogens is 240 g/mol. The third-order valence-corrected chi connectivity index (χ3v) is 3.84. The van der Waals surface area contributed by atoms with Crippen LogP contribution in [-0.2, 0) is 0 Å². The van der Waals surface area contributed by atoms with E-state index >= 15 is 0 Å². The lowest BCUT2D eigenvalue weighted by Crippen LogP contribution is -2.51. The van der Waals surface area contributed by atoms with Crippen LogP contribution in [0.25, 0.3) is 0 Å². The van der Waals surface area contributed by atoms with Gasteiger partial charge in [0.2, 0.25) is 0 Å². The molecule has 112 valence electrons. The van der Waals surface area contributed by atoms with E-state index in [4.69, 9.17) is 0 Å². The smallest absolute Gasteiger partial charge is 0.320 e. The highest BCUT2D eigenvalue weighted by Crippen LogP contribution is 2.03. The molecule has 0 aliphatic carbocycles. The zero-order chi connectivity index (χ0) is 14.1. The second-order valence-electron chi connectivity index (χ2n) is 4.98. The van der Waals surface area contributed by atoms with Gasteiger partial charge in [0.25, 0.3) is 0 Å². The zero-order valence-corrected chi connectivity index (χ0v) is 12.8. The lowest BCUT2D eigenvalue weighted by molar-refractivity contribution is 0.146. The topological polar surface area (TPSA) is 38.8 Å². The van der Waals surface area contributed by atoms with Crippen LogP contribution in [0.5, 0.6) is 0 Å². The maximum absolute atomic E-state index is 12.4. The first-order valence-electron chi connectivity index (χ1n) is 7.69. The minimum atomic E-state index is 0.212. The minimum Gasteiger partial charge on any atom is -0.325 e. The highest BCUT2D eigenvalue weighted by Gasteiger charge is 2.20. The van der Waals surface area contributed by atoms with Gasteiger partial charge >= 0.3 is 6.03 Å². The third kappa shape index (κ3) is 5.37. The fraction of sp³-hybridized carbons (Fsp3) is 0.929. The Morgan fingerprint density at radius 2 is 1.68 bits per heavy atom. The first-order chi connectivity index (χ1) is 9.22. The number of rotatable bonds is 7. The standard InChI is InChI=1S/C14H30N4O/c1-4-16(5-2)10-7-11-17(6-3)14(19)18-12-8-15-9-13-18/h15H,4-13H2,1-3H3. The van der Waals surface area contributed by atoms with Crippen LogP contribution >= 0.6 is 0 Å². The molecule has 0 aromatic carbocycles. The minimum absolute atomic E-state index is 0.212. The van der Waals surface area contributed by atoms with Crippen LogP contribution in [0, 0.1) is 0 Å². The highest BCUT2D eigenvalue weighted by atomic mass is 16.2. The van der Waals surface area contributed by atoms with Gasteiger partial charge in [-0.3, -0.25) is 0 Å². The summed E-state index contributed by atoms with van der Waals surface area (Å²) in [6, 6.07) is 0.212. The van der Waals surface area contributed by atoms with Crippen molar-refractivity contribution in [2.24, 2.45) is 0 Å². The number of carbonyl (C=O) groups is 1. The predicted molar refractivity (Wildman–Crippen MR) is 79.5 cm³/mol. The first-order valence-corrected chi connectivity index (χ1v) is 7.69. The van der Waals surface area contributed by atoms with E-state index in [0.29, 0.717) is 0 Å². The molecule has 5 heteroatoms. The summed E-state index contributed by atoms with van der Waals surface area (Å²) < 4.78 is 0. The Balaban J connectivity index is 2.33. The Hall–Kier alpha value is -0.810. The molecule has 0 unspecified atom stereocenters. The second-order valence-corrected chi connectivity index (χ2v) is 4.98. The normalized spacial score (nSPS) is 15.9. The van der Waals surface area contributed by atoms with E-state index in [1.54, 1.807) is 0 Å². The number of nitrogens with zero attached hydrogens (tertiary/aromatic N) is 3. The number of nitrogens with one attached hydrogen (secondary N) is 1. The van der Waals surface area contributed by atoms with Crippen molar-refractivity contribution in [1.82, 2.24) is 20.0 Å². The van der Waals surface area contributed by atoms with Crippen LogP contribution in [-0.4, -0.2) is 79.6 Å². The molecule has 0 bridgehead atoms. The molecule has 2 amide bonds. The van der Waals surface area contributed by atoms with Crippen molar-refractivity contribution in [2.75, 3.05) is 58.9 Å². The van der Waals surface area contributed by atoms with Crippen LogP contribution in [0.3, 0.4) is 0 Å². The van der Waals surface area contributed by atoms with Gasteiger partial charge in [0, 0.05) is 39.3 Å². The number of hydrogen-bond acceptors (Lipinski definition) is 3. The first kappa shape index (κ1) is 16.2. The quantitative estimate of drug-likeness (QED) is 0.752. The summed E-state index contributed by atoms with van der Waals surface area (Å²) in [5, 5.41) is 3.28. The molecule has 5 nitrogen and oxygen atoms in total. The Bertz CT molecular complexity index is 250. The molecule has 0 aromatic rings. The summed E-state index contributed by atoms with van der Waals surface area (Å²) in [5.41, 5.74) is 0. The Morgan fingerprint density at radius 1 is 1.05 bits per heavy atom. The molecule has 1 rings (SSSR count). The van der Waals surface area contributed by atoms with Crippen LogP contribution in [0.2, 0.25) is 0 Å². The number of urea groups is 1. The highest BCUT2D eigenvalue weighted by molar-refractivity contribution is 5.74. The monoisotopic (exact) mass is 270 g/mol. The van der Waals surface area contributed by atoms with Crippen LogP contribution in [0.15, 0.2) is 0 Å². The molecule has 1 fully saturated rings. The van der Waals surface area contributed by atoms with E-state index in [0.717, 1.165) is 65.3 Å². The summed E-state index contributed by atoms with van der Waals surface area (Å²) in [4.78, 5) is 18.7. The van der Waals surface area contributed by atoms with E-state index in [1.807, 2.05) is 9.80 Å². The fourth-order valence-corrected chi connectivity index (χ4v) is 2.47. The summed E-state index contributed by atoms with van der Waals surface area (Å²) >= 11 is 0. The molecule has 0 saturated carbocycles. The van der Waals surface area contributed by atoms with Crippen molar-refractivity contribution in [3.63, 3.8) is 0 Å². The van der Waals surface area contributed by atoms with Crippen molar-refractivity contribution in [3.8, 4) is 0 Å². The van der Waals surface area contributed by atoms with E-state index in [9.17, 15) is 4.79 Å². The van der Waals surface area contributed by atoms with Gasteiger partial charge in [0.15, 0.2) is 0 Å². The zero-order valence-electron chi connectivity index (χ0n) is 12.8. The number of carbonyl (C=O) groups excluding carboxylic acids is 1. The van der Waals surface area contributed by atoms with E-state index in [1.165, 1.54) is 0 Å². The van der Waals surface area contributed by atoms with Crippen molar-refractivity contribution in [3.05, 3.63) is 0 Å². The fourth-order valence-electron chi connectivity index (χ4n) is 2.47. The molecule has 1 heterocycles. The Kier molecular flexibility index (Phi) is 7.82. The average Bonchev–Trinajstić information content (AvgIpc) is 2.48. The molecule has 1 aliphatic heterocycles. The molecule has 0 atom stereocenters. The lowest BCUT2D eigenvalue weighted by Gasteiger charge is -2.33. The van der Waals surface area contributed by atoms with E-state index < -0.39 is 0 Å². The van der Waals surface area contributed by atoms with Gasteiger partial charge in [0.05, 0.1) is 0 Å². The summed E-state index contributed by atoms with van der Waals surface area (Å²) in [6.07, 6.45) is 1.06. The maximum atomic E-state index is 12.4. The van der Waals surface area contributed by atoms with Crippen molar-refractivity contribution < 1.29 is 4.79 Å². The largest absolute Gasteiger partial charge is 0.325 e. The third-order valence-electron chi connectivity index (χ3n) is 3.84. The maximum Gasteiger partial charge on any atom is 0.320 e. The van der Waals surface area contributed by atoms with Crippen molar-refractivity contribution in [2.45, 2.75) is 27.2 Å². The molecular formula is C14H30N4O. The van der Waals surface area contributed by atoms with Crippen LogP contribution in [0.1, 0.15) is 27.2 Å². The molecule has 0 spiro atoms. The van der Waals surface area contributed by atoms with Gasteiger partial charge in [-0.15, -0.1) is 0 Å². The SMILES string of the molecule is CCN(CC)CCCN(CC)C(=O)N1CCNCC1. The van der Waals surface area contributed by atoms with Gasteiger partial charge in [-0.2, -0.15) is 0 Å². The van der Waals surface area contributed by atoms with Gasteiger partial charge in [-0.1, -0.05) is 13.8 Å². The summed E-state index contributed by atoms with van der Waals surface area (Å²) in [6.45, 7) is 14.9. The average molecular weight is 270 g/mol. The summed E-state index contributed by atoms with van der Waals surface area (Å²) in [5.74, 6) is 0. The van der Waals surface area contributed by atoms with Gasteiger partial charge in [-0.05, 0) is 33.0 Å². The predicted octanol–water partition coefficient (Wildman–Crippen LogP) is 1.07. The van der Waals surface area contributed by atoms with E-state index in [-0.39, 0.29) is 6.03 Å². The van der Waals surface area contributed by atoms with E-state index in [2.05, 4.69) is 31.0 Å².